The number of fused-ring (bicyclic) bond motifs is 1. The molecule has 2 N–H and O–H groups in total. The van der Waals surface area contributed by atoms with Crippen molar-refractivity contribution in [3.05, 3.63) is 60.3 Å². The van der Waals surface area contributed by atoms with Crippen LogP contribution in [-0.2, 0) is 13.6 Å². The van der Waals surface area contributed by atoms with Gasteiger partial charge in [0.15, 0.2) is 0 Å². The van der Waals surface area contributed by atoms with E-state index in [-0.39, 0.29) is 0 Å². The van der Waals surface area contributed by atoms with Gasteiger partial charge in [-0.15, -0.1) is 0 Å². The van der Waals surface area contributed by atoms with Gasteiger partial charge < -0.3 is 15.5 Å². The Balaban J connectivity index is 1.76. The first-order valence-electron chi connectivity index (χ1n) is 8.05. The lowest BCUT2D eigenvalue weighted by Crippen LogP contribution is -2.27. The monoisotopic (exact) mass is 319 g/mol. The summed E-state index contributed by atoms with van der Waals surface area (Å²) in [7, 11) is 4.04. The highest BCUT2D eigenvalue weighted by Crippen LogP contribution is 2.43. The van der Waals surface area contributed by atoms with Gasteiger partial charge in [0.05, 0.1) is 29.4 Å². The van der Waals surface area contributed by atoms with Gasteiger partial charge in [0.2, 0.25) is 0 Å². The summed E-state index contributed by atoms with van der Waals surface area (Å²) in [6.07, 6.45) is 1.81. The van der Waals surface area contributed by atoms with E-state index in [1.54, 1.807) is 0 Å². The van der Waals surface area contributed by atoms with E-state index in [4.69, 9.17) is 5.73 Å². The minimum atomic E-state index is 0.807. The number of benzene rings is 2. The van der Waals surface area contributed by atoms with Gasteiger partial charge in [-0.2, -0.15) is 5.10 Å². The number of hydrogen-bond donors (Lipinski definition) is 1. The molecule has 1 aliphatic rings. The zero-order valence-electron chi connectivity index (χ0n) is 14.0. The number of rotatable bonds is 3. The molecular weight excluding hydrogens is 298 g/mol. The maximum Gasteiger partial charge on any atom is 0.0905 e. The Labute approximate surface area is 141 Å². The third kappa shape index (κ3) is 2.38. The molecule has 0 saturated carbocycles. The molecule has 0 spiro atoms. The highest BCUT2D eigenvalue weighted by atomic mass is 15.4. The molecule has 1 aliphatic heterocycles. The van der Waals surface area contributed by atoms with Gasteiger partial charge >= 0.3 is 0 Å². The van der Waals surface area contributed by atoms with Gasteiger partial charge in [0.25, 0.3) is 0 Å². The van der Waals surface area contributed by atoms with E-state index in [9.17, 15) is 0 Å². The Morgan fingerprint density at radius 1 is 1.08 bits per heavy atom. The number of nitrogen functional groups attached to an aromatic ring is 1. The van der Waals surface area contributed by atoms with Crippen molar-refractivity contribution >= 4 is 17.1 Å². The first kappa shape index (κ1) is 14.6. The third-order valence-electron chi connectivity index (χ3n) is 4.56. The number of aryl methyl sites for hydroxylation is 1. The molecule has 4 rings (SSSR count). The van der Waals surface area contributed by atoms with E-state index in [0.29, 0.717) is 0 Å². The molecule has 1 aromatic heterocycles. The topological polar surface area (TPSA) is 50.3 Å². The number of nitrogens with zero attached hydrogens (tertiary/aromatic N) is 4. The van der Waals surface area contributed by atoms with E-state index in [1.165, 1.54) is 11.3 Å². The highest BCUT2D eigenvalue weighted by molar-refractivity contribution is 5.90. The van der Waals surface area contributed by atoms with E-state index < -0.39 is 0 Å². The first-order valence-corrected chi connectivity index (χ1v) is 8.05. The van der Waals surface area contributed by atoms with Crippen molar-refractivity contribution in [2.75, 3.05) is 29.2 Å². The normalized spacial score (nSPS) is 13.4. The van der Waals surface area contributed by atoms with E-state index in [1.807, 2.05) is 36.1 Å². The van der Waals surface area contributed by atoms with Crippen molar-refractivity contribution in [1.82, 2.24) is 9.78 Å². The van der Waals surface area contributed by atoms with Crippen LogP contribution in [-0.4, -0.2) is 23.5 Å². The summed E-state index contributed by atoms with van der Waals surface area (Å²) in [5.41, 5.74) is 12.9. The predicted molar refractivity (Wildman–Crippen MR) is 99.0 cm³/mol. The second-order valence-electron chi connectivity index (χ2n) is 6.30. The van der Waals surface area contributed by atoms with Crippen LogP contribution < -0.4 is 15.5 Å². The number of aromatic nitrogens is 2. The van der Waals surface area contributed by atoms with E-state index in [0.717, 1.165) is 35.8 Å². The molecule has 2 aromatic carbocycles. The fourth-order valence-electron chi connectivity index (χ4n) is 3.44. The number of anilines is 3. The van der Waals surface area contributed by atoms with Gasteiger partial charge in [-0.3, -0.25) is 4.68 Å². The van der Waals surface area contributed by atoms with Gasteiger partial charge in [-0.25, -0.2) is 0 Å². The lowest BCUT2D eigenvalue weighted by Gasteiger charge is -2.19. The van der Waals surface area contributed by atoms with Crippen LogP contribution in [0.15, 0.2) is 54.7 Å². The Hall–Kier alpha value is -2.95. The zero-order valence-corrected chi connectivity index (χ0v) is 14.0. The van der Waals surface area contributed by atoms with Crippen LogP contribution in [0.2, 0.25) is 0 Å². The van der Waals surface area contributed by atoms with Crippen molar-refractivity contribution in [2.45, 2.75) is 6.54 Å². The zero-order chi connectivity index (χ0) is 16.7. The van der Waals surface area contributed by atoms with Crippen molar-refractivity contribution in [3.63, 3.8) is 0 Å². The molecule has 3 aromatic rings. The SMILES string of the molecule is CN1CN(Cc2ccccc2)c2cc(-c3ccnn3C)cc(N)c21. The van der Waals surface area contributed by atoms with Crippen LogP contribution in [0.1, 0.15) is 5.56 Å². The fraction of sp³-hybridized carbons (Fsp3) is 0.211. The van der Waals surface area contributed by atoms with Gasteiger partial charge in [-0.1, -0.05) is 30.3 Å². The lowest BCUT2D eigenvalue weighted by atomic mass is 10.1. The molecule has 0 atom stereocenters. The van der Waals surface area contributed by atoms with Crippen LogP contribution in [0.4, 0.5) is 17.1 Å². The summed E-state index contributed by atoms with van der Waals surface area (Å²) in [6.45, 7) is 1.70. The molecule has 0 saturated heterocycles. The Kier molecular flexibility index (Phi) is 3.41. The second-order valence-corrected chi connectivity index (χ2v) is 6.30. The highest BCUT2D eigenvalue weighted by Gasteiger charge is 2.26. The molecule has 0 unspecified atom stereocenters. The summed E-state index contributed by atoms with van der Waals surface area (Å²) in [5.74, 6) is 0. The molecule has 2 heterocycles. The van der Waals surface area contributed by atoms with Gasteiger partial charge in [0, 0.05) is 32.4 Å². The summed E-state index contributed by atoms with van der Waals surface area (Å²) in [4.78, 5) is 4.57. The summed E-state index contributed by atoms with van der Waals surface area (Å²) < 4.78 is 1.88. The Morgan fingerprint density at radius 3 is 2.58 bits per heavy atom. The van der Waals surface area contributed by atoms with Crippen molar-refractivity contribution < 1.29 is 0 Å². The van der Waals surface area contributed by atoms with Crippen LogP contribution in [0.3, 0.4) is 0 Å². The predicted octanol–water partition coefficient (Wildman–Crippen LogP) is 3.08. The number of hydrogen-bond acceptors (Lipinski definition) is 4. The molecule has 0 bridgehead atoms. The third-order valence-corrected chi connectivity index (χ3v) is 4.56. The second kappa shape index (κ2) is 5.60. The summed E-state index contributed by atoms with van der Waals surface area (Å²) in [5, 5.41) is 4.27. The number of nitrogens with two attached hydrogens (primary N) is 1. The van der Waals surface area contributed by atoms with E-state index in [2.05, 4.69) is 52.3 Å². The smallest absolute Gasteiger partial charge is 0.0905 e. The van der Waals surface area contributed by atoms with Crippen molar-refractivity contribution in [3.8, 4) is 11.3 Å². The molecule has 24 heavy (non-hydrogen) atoms. The average Bonchev–Trinajstić information content (AvgIpc) is 3.12. The van der Waals surface area contributed by atoms with Gasteiger partial charge in [-0.05, 0) is 23.8 Å². The molecule has 0 aliphatic carbocycles. The van der Waals surface area contributed by atoms with Crippen LogP contribution in [0, 0.1) is 0 Å². The van der Waals surface area contributed by atoms with Gasteiger partial charge in [0.1, 0.15) is 0 Å². The molecule has 122 valence electrons. The molecule has 5 heteroatoms. The van der Waals surface area contributed by atoms with Crippen molar-refractivity contribution in [1.29, 1.82) is 0 Å². The average molecular weight is 319 g/mol. The first-order chi connectivity index (χ1) is 11.6. The minimum Gasteiger partial charge on any atom is -0.397 e. The maximum atomic E-state index is 6.38. The lowest BCUT2D eigenvalue weighted by molar-refractivity contribution is 0.776. The molecule has 0 radical (unpaired) electrons. The maximum absolute atomic E-state index is 6.38. The molecule has 0 amide bonds. The summed E-state index contributed by atoms with van der Waals surface area (Å²) in [6, 6.07) is 16.8. The Morgan fingerprint density at radius 2 is 1.88 bits per heavy atom. The minimum absolute atomic E-state index is 0.807. The fourth-order valence-corrected chi connectivity index (χ4v) is 3.44. The quantitative estimate of drug-likeness (QED) is 0.754. The Bertz CT molecular complexity index is 869. The van der Waals surface area contributed by atoms with Crippen LogP contribution in [0.25, 0.3) is 11.3 Å². The standard InChI is InChI=1S/C19H21N5/c1-22-13-24(12-14-6-4-3-5-7-14)18-11-15(10-16(20)19(18)22)17-8-9-21-23(17)2/h3-11H,12-13,20H2,1-2H3. The van der Waals surface area contributed by atoms with Crippen LogP contribution >= 0.6 is 0 Å². The molecule has 5 nitrogen and oxygen atoms in total. The molecule has 0 fully saturated rings. The largest absolute Gasteiger partial charge is 0.397 e. The summed E-state index contributed by atoms with van der Waals surface area (Å²) >= 11 is 0. The molecular formula is C19H21N5. The van der Waals surface area contributed by atoms with Crippen molar-refractivity contribution in [2.24, 2.45) is 7.05 Å². The van der Waals surface area contributed by atoms with Crippen LogP contribution in [0.5, 0.6) is 0 Å². The van der Waals surface area contributed by atoms with E-state index >= 15 is 0 Å².